The molecule has 2 aromatic carbocycles. The van der Waals surface area contributed by atoms with Crippen molar-refractivity contribution in [3.63, 3.8) is 0 Å². The van der Waals surface area contributed by atoms with Crippen LogP contribution in [0.2, 0.25) is 0 Å². The average Bonchev–Trinajstić information content (AvgIpc) is 3.15. The summed E-state index contributed by atoms with van der Waals surface area (Å²) >= 11 is 19.2. The maximum Gasteiger partial charge on any atom is 0.254 e. The van der Waals surface area contributed by atoms with E-state index in [0.717, 1.165) is 21.9 Å². The van der Waals surface area contributed by atoms with Crippen molar-refractivity contribution in [3.05, 3.63) is 69.2 Å². The second-order valence-corrected chi connectivity index (χ2v) is 9.52. The van der Waals surface area contributed by atoms with E-state index in [1.165, 1.54) is 0 Å². The van der Waals surface area contributed by atoms with E-state index >= 15 is 0 Å². The Hall–Kier alpha value is -2.51. The lowest BCUT2D eigenvalue weighted by molar-refractivity contribution is 0.0303. The minimum absolute atomic E-state index is 0.0558. The van der Waals surface area contributed by atoms with Crippen molar-refractivity contribution in [1.82, 2.24) is 9.88 Å². The highest BCUT2D eigenvalue weighted by molar-refractivity contribution is 6.37. The Morgan fingerprint density at radius 2 is 1.85 bits per heavy atom. The number of primary amides is 1. The molecule has 1 fully saturated rings. The maximum atomic E-state index is 13.0. The molecule has 33 heavy (non-hydrogen) atoms. The van der Waals surface area contributed by atoms with Gasteiger partial charge in [-0.1, -0.05) is 23.2 Å². The second kappa shape index (κ2) is 8.69. The Bertz CT molecular complexity index is 1360. The van der Waals surface area contributed by atoms with Gasteiger partial charge < -0.3 is 20.4 Å². The lowest BCUT2D eigenvalue weighted by atomic mass is 9.89. The summed E-state index contributed by atoms with van der Waals surface area (Å²) < 4.78 is 5.35. The van der Waals surface area contributed by atoms with Gasteiger partial charge in [-0.2, -0.15) is 0 Å². The number of ether oxygens (including phenoxy) is 1. The SMILES string of the molecule is NC(=O)c1cc(C2C(Cl)=CC(Cl)=CC2Cl)cc2c1[nH]c1ccc(C(=O)N3CCOCC3)cc12. The molecule has 0 bridgehead atoms. The highest BCUT2D eigenvalue weighted by Crippen LogP contribution is 2.42. The number of rotatable bonds is 3. The molecule has 2 aliphatic rings. The summed E-state index contributed by atoms with van der Waals surface area (Å²) in [5.74, 6) is -1.02. The third-order valence-corrected chi connectivity index (χ3v) is 7.07. The van der Waals surface area contributed by atoms with Crippen LogP contribution in [-0.4, -0.2) is 53.4 Å². The summed E-state index contributed by atoms with van der Waals surface area (Å²) in [6, 6.07) is 9.11. The van der Waals surface area contributed by atoms with Gasteiger partial charge in [0.05, 0.1) is 29.7 Å². The number of aromatic nitrogens is 1. The molecule has 1 aromatic heterocycles. The Labute approximate surface area is 204 Å². The summed E-state index contributed by atoms with van der Waals surface area (Å²) in [6.45, 7) is 2.17. The first kappa shape index (κ1) is 22.3. The average molecular weight is 505 g/mol. The van der Waals surface area contributed by atoms with E-state index < -0.39 is 11.3 Å². The standard InChI is InChI=1S/C24H20Cl3N3O3/c25-14-10-18(26)21(19(27)11-14)13-8-16-15-7-12(24(32)30-3-5-33-6-4-30)1-2-20(15)29-22(16)17(9-13)23(28)31/h1-2,7-11,18,21,29H,3-6H2,(H2,28,31). The van der Waals surface area contributed by atoms with Gasteiger partial charge in [0.15, 0.2) is 0 Å². The fourth-order valence-corrected chi connectivity index (χ4v) is 5.73. The Morgan fingerprint density at radius 1 is 1.09 bits per heavy atom. The molecule has 2 heterocycles. The summed E-state index contributed by atoms with van der Waals surface area (Å²) in [4.78, 5) is 30.4. The van der Waals surface area contributed by atoms with Crippen LogP contribution in [0, 0.1) is 0 Å². The molecule has 2 unspecified atom stereocenters. The Balaban J connectivity index is 1.67. The first-order chi connectivity index (χ1) is 15.8. The highest BCUT2D eigenvalue weighted by Gasteiger charge is 2.29. The summed E-state index contributed by atoms with van der Waals surface area (Å²) in [7, 11) is 0. The molecular formula is C24H20Cl3N3O3. The molecule has 0 saturated carbocycles. The Kier molecular flexibility index (Phi) is 5.87. The van der Waals surface area contributed by atoms with E-state index in [-0.39, 0.29) is 11.8 Å². The number of hydrogen-bond donors (Lipinski definition) is 2. The zero-order chi connectivity index (χ0) is 23.3. The van der Waals surface area contributed by atoms with Crippen LogP contribution < -0.4 is 5.73 Å². The van der Waals surface area contributed by atoms with Gasteiger partial charge in [0, 0.05) is 50.9 Å². The number of H-pyrrole nitrogens is 1. The van der Waals surface area contributed by atoms with Crippen LogP contribution in [0.1, 0.15) is 32.2 Å². The quantitative estimate of drug-likeness (QED) is 0.500. The highest BCUT2D eigenvalue weighted by atomic mass is 35.5. The number of hydrogen-bond acceptors (Lipinski definition) is 3. The number of amides is 2. The van der Waals surface area contributed by atoms with Gasteiger partial charge in [-0.15, -0.1) is 11.6 Å². The fraction of sp³-hybridized carbons (Fsp3) is 0.250. The molecule has 5 rings (SSSR count). The van der Waals surface area contributed by atoms with Gasteiger partial charge in [0.2, 0.25) is 0 Å². The zero-order valence-corrected chi connectivity index (χ0v) is 19.7. The predicted molar refractivity (Wildman–Crippen MR) is 131 cm³/mol. The molecular weight excluding hydrogens is 485 g/mol. The molecule has 1 aliphatic heterocycles. The molecule has 2 amide bonds. The molecule has 170 valence electrons. The monoisotopic (exact) mass is 503 g/mol. The zero-order valence-electron chi connectivity index (χ0n) is 17.4. The van der Waals surface area contributed by atoms with E-state index in [4.69, 9.17) is 45.3 Å². The lowest BCUT2D eigenvalue weighted by Gasteiger charge is -2.26. The molecule has 0 radical (unpaired) electrons. The lowest BCUT2D eigenvalue weighted by Crippen LogP contribution is -2.40. The number of carbonyl (C=O) groups is 2. The number of halogens is 3. The number of aromatic amines is 1. The molecule has 3 aromatic rings. The molecule has 3 N–H and O–H groups in total. The van der Waals surface area contributed by atoms with E-state index in [0.29, 0.717) is 53.0 Å². The first-order valence-electron chi connectivity index (χ1n) is 10.5. The number of nitrogens with zero attached hydrogens (tertiary/aromatic N) is 1. The molecule has 9 heteroatoms. The van der Waals surface area contributed by atoms with Crippen molar-refractivity contribution in [2.45, 2.75) is 11.3 Å². The normalized spacial score (nSPS) is 21.2. The largest absolute Gasteiger partial charge is 0.378 e. The molecule has 1 aliphatic carbocycles. The topological polar surface area (TPSA) is 88.4 Å². The van der Waals surface area contributed by atoms with Crippen LogP contribution in [0.15, 0.2) is 52.5 Å². The van der Waals surface area contributed by atoms with E-state index in [2.05, 4.69) is 4.98 Å². The molecule has 0 spiro atoms. The van der Waals surface area contributed by atoms with Gasteiger partial charge >= 0.3 is 0 Å². The van der Waals surface area contributed by atoms with Gasteiger partial charge in [-0.05, 0) is 48.0 Å². The first-order valence-corrected chi connectivity index (χ1v) is 11.7. The maximum absolute atomic E-state index is 13.0. The minimum Gasteiger partial charge on any atom is -0.378 e. The number of nitrogens with one attached hydrogen (secondary N) is 1. The number of carbonyl (C=O) groups excluding carboxylic acids is 2. The predicted octanol–water partition coefficient (Wildman–Crippen LogP) is 4.84. The van der Waals surface area contributed by atoms with Crippen molar-refractivity contribution in [1.29, 1.82) is 0 Å². The van der Waals surface area contributed by atoms with E-state index in [1.54, 1.807) is 29.2 Å². The molecule has 1 saturated heterocycles. The van der Waals surface area contributed by atoms with Gasteiger partial charge in [0.1, 0.15) is 0 Å². The van der Waals surface area contributed by atoms with Crippen molar-refractivity contribution in [2.75, 3.05) is 26.3 Å². The number of nitrogens with two attached hydrogens (primary N) is 1. The van der Waals surface area contributed by atoms with Crippen molar-refractivity contribution in [3.8, 4) is 0 Å². The van der Waals surface area contributed by atoms with Crippen molar-refractivity contribution >= 4 is 68.4 Å². The third kappa shape index (κ3) is 4.02. The third-order valence-electron chi connectivity index (χ3n) is 6.11. The fourth-order valence-electron chi connectivity index (χ4n) is 4.49. The summed E-state index contributed by atoms with van der Waals surface area (Å²) in [5, 5.41) is 2.02. The Morgan fingerprint density at radius 3 is 2.55 bits per heavy atom. The van der Waals surface area contributed by atoms with Gasteiger partial charge in [-0.25, -0.2) is 0 Å². The van der Waals surface area contributed by atoms with Crippen LogP contribution >= 0.6 is 34.8 Å². The van der Waals surface area contributed by atoms with Crippen LogP contribution in [0.4, 0.5) is 0 Å². The van der Waals surface area contributed by atoms with Crippen molar-refractivity contribution < 1.29 is 14.3 Å². The number of morpholine rings is 1. The minimum atomic E-state index is -0.575. The number of benzene rings is 2. The molecule has 6 nitrogen and oxygen atoms in total. The van der Waals surface area contributed by atoms with Crippen molar-refractivity contribution in [2.24, 2.45) is 5.73 Å². The van der Waals surface area contributed by atoms with E-state index in [1.807, 2.05) is 18.2 Å². The van der Waals surface area contributed by atoms with Crippen LogP contribution in [-0.2, 0) is 4.74 Å². The number of fused-ring (bicyclic) bond motifs is 3. The van der Waals surface area contributed by atoms with Crippen LogP contribution in [0.3, 0.4) is 0 Å². The second-order valence-electron chi connectivity index (χ2n) is 8.15. The van der Waals surface area contributed by atoms with Crippen LogP contribution in [0.5, 0.6) is 0 Å². The van der Waals surface area contributed by atoms with Gasteiger partial charge in [-0.3, -0.25) is 9.59 Å². The number of alkyl halides is 1. The van der Waals surface area contributed by atoms with Gasteiger partial charge in [0.25, 0.3) is 11.8 Å². The number of allylic oxidation sites excluding steroid dienone is 4. The summed E-state index contributed by atoms with van der Waals surface area (Å²) in [6.07, 6.45) is 3.36. The summed E-state index contributed by atoms with van der Waals surface area (Å²) in [5.41, 5.74) is 8.75. The molecule has 2 atom stereocenters. The van der Waals surface area contributed by atoms with Crippen LogP contribution in [0.25, 0.3) is 21.8 Å². The van der Waals surface area contributed by atoms with E-state index in [9.17, 15) is 9.59 Å². The smallest absolute Gasteiger partial charge is 0.254 e.